The second kappa shape index (κ2) is 5.70. The third-order valence-corrected chi connectivity index (χ3v) is 2.86. The summed E-state index contributed by atoms with van der Waals surface area (Å²) in [6.07, 6.45) is 5.82. The highest BCUT2D eigenvalue weighted by Crippen LogP contribution is 2.24. The summed E-state index contributed by atoms with van der Waals surface area (Å²) < 4.78 is 0. The molecular formula is C12H19N3O. The SMILES string of the molecule is C/C=C\C1=CC(C[C@H](N)N=O)=NC(C)C1C. The normalized spacial score (nSPS) is 27.5. The smallest absolute Gasteiger partial charge is 0.145 e. The van der Waals surface area contributed by atoms with Gasteiger partial charge in [-0.25, -0.2) is 0 Å². The Bertz CT molecular complexity index is 344. The Kier molecular flexibility index (Phi) is 4.55. The second-order valence-corrected chi connectivity index (χ2v) is 4.17. The molecule has 0 aliphatic carbocycles. The summed E-state index contributed by atoms with van der Waals surface area (Å²) in [6.45, 7) is 6.21. The first-order valence-corrected chi connectivity index (χ1v) is 5.57. The lowest BCUT2D eigenvalue weighted by atomic mass is 9.89. The number of nitrogens with two attached hydrogens (primary N) is 1. The van der Waals surface area contributed by atoms with Gasteiger partial charge in [-0.05, 0) is 25.5 Å². The summed E-state index contributed by atoms with van der Waals surface area (Å²) in [7, 11) is 0. The predicted octanol–water partition coefficient (Wildman–Crippen LogP) is 2.41. The van der Waals surface area contributed by atoms with E-state index in [1.807, 2.05) is 19.1 Å². The molecule has 3 atom stereocenters. The molecule has 1 rings (SSSR count). The first-order valence-electron chi connectivity index (χ1n) is 5.57. The van der Waals surface area contributed by atoms with Crippen LogP contribution in [-0.4, -0.2) is 17.9 Å². The van der Waals surface area contributed by atoms with Gasteiger partial charge in [0.15, 0.2) is 0 Å². The standard InChI is InChI=1S/C12H19N3O/c1-4-5-10-6-11(7-12(13)15-16)14-9(3)8(10)2/h4-6,8-9,12H,7,13H2,1-3H3/b5-4-/t8?,9?,12-/m1/s1. The largest absolute Gasteiger partial charge is 0.306 e. The zero-order chi connectivity index (χ0) is 12.1. The highest BCUT2D eigenvalue weighted by Gasteiger charge is 2.20. The van der Waals surface area contributed by atoms with E-state index < -0.39 is 6.17 Å². The second-order valence-electron chi connectivity index (χ2n) is 4.17. The highest BCUT2D eigenvalue weighted by molar-refractivity contribution is 5.97. The van der Waals surface area contributed by atoms with E-state index in [0.29, 0.717) is 12.3 Å². The Morgan fingerprint density at radius 3 is 2.88 bits per heavy atom. The fraction of sp³-hybridized carbons (Fsp3) is 0.583. The number of rotatable bonds is 4. The minimum atomic E-state index is -0.692. The van der Waals surface area contributed by atoms with Crippen molar-refractivity contribution in [1.29, 1.82) is 0 Å². The average molecular weight is 221 g/mol. The summed E-state index contributed by atoms with van der Waals surface area (Å²) >= 11 is 0. The van der Waals surface area contributed by atoms with E-state index in [9.17, 15) is 4.91 Å². The zero-order valence-electron chi connectivity index (χ0n) is 10.1. The molecule has 0 spiro atoms. The van der Waals surface area contributed by atoms with Gasteiger partial charge in [0.2, 0.25) is 0 Å². The molecule has 0 aromatic carbocycles. The van der Waals surface area contributed by atoms with Gasteiger partial charge in [0.1, 0.15) is 6.17 Å². The highest BCUT2D eigenvalue weighted by atomic mass is 16.3. The Balaban J connectivity index is 2.86. The molecule has 4 heteroatoms. The summed E-state index contributed by atoms with van der Waals surface area (Å²) in [6, 6.07) is 0.227. The molecule has 0 amide bonds. The third kappa shape index (κ3) is 3.10. The molecule has 0 radical (unpaired) electrons. The van der Waals surface area contributed by atoms with Crippen molar-refractivity contribution in [2.45, 2.75) is 39.4 Å². The number of dihydropyridines is 1. The van der Waals surface area contributed by atoms with Gasteiger partial charge in [-0.15, -0.1) is 4.91 Å². The van der Waals surface area contributed by atoms with Crippen LogP contribution in [0.15, 0.2) is 34.0 Å². The Morgan fingerprint density at radius 1 is 1.62 bits per heavy atom. The van der Waals surface area contributed by atoms with Crippen molar-refractivity contribution in [2.24, 2.45) is 21.8 Å². The van der Waals surface area contributed by atoms with Crippen LogP contribution in [0, 0.1) is 10.8 Å². The van der Waals surface area contributed by atoms with Gasteiger partial charge >= 0.3 is 0 Å². The molecule has 0 saturated heterocycles. The molecule has 1 heterocycles. The zero-order valence-corrected chi connectivity index (χ0v) is 10.1. The number of allylic oxidation sites excluding steroid dienone is 3. The molecule has 16 heavy (non-hydrogen) atoms. The van der Waals surface area contributed by atoms with Crippen molar-refractivity contribution in [3.05, 3.63) is 28.7 Å². The fourth-order valence-corrected chi connectivity index (χ4v) is 1.77. The maximum absolute atomic E-state index is 10.3. The summed E-state index contributed by atoms with van der Waals surface area (Å²) in [5.41, 5.74) is 7.60. The lowest BCUT2D eigenvalue weighted by Gasteiger charge is -2.24. The van der Waals surface area contributed by atoms with Gasteiger partial charge in [0.05, 0.1) is 6.04 Å². The molecule has 0 aromatic heterocycles. The molecule has 4 nitrogen and oxygen atoms in total. The van der Waals surface area contributed by atoms with Crippen LogP contribution in [0.25, 0.3) is 0 Å². The third-order valence-electron chi connectivity index (χ3n) is 2.86. The van der Waals surface area contributed by atoms with Gasteiger partial charge in [-0.1, -0.05) is 24.3 Å². The number of nitroso groups, excluding NO2 is 1. The topological polar surface area (TPSA) is 67.8 Å². The van der Waals surface area contributed by atoms with Gasteiger partial charge in [-0.2, -0.15) is 0 Å². The van der Waals surface area contributed by atoms with Gasteiger partial charge < -0.3 is 5.73 Å². The molecule has 0 bridgehead atoms. The van der Waals surface area contributed by atoms with Crippen LogP contribution in [-0.2, 0) is 0 Å². The monoisotopic (exact) mass is 221 g/mol. The van der Waals surface area contributed by atoms with Crippen molar-refractivity contribution in [2.75, 3.05) is 0 Å². The van der Waals surface area contributed by atoms with Gasteiger partial charge in [0, 0.05) is 18.1 Å². The van der Waals surface area contributed by atoms with Gasteiger partial charge in [-0.3, -0.25) is 4.99 Å². The Hall–Kier alpha value is -1.29. The fourth-order valence-electron chi connectivity index (χ4n) is 1.77. The van der Waals surface area contributed by atoms with Crippen molar-refractivity contribution in [3.63, 3.8) is 0 Å². The van der Waals surface area contributed by atoms with E-state index in [1.54, 1.807) is 0 Å². The summed E-state index contributed by atoms with van der Waals surface area (Å²) in [5, 5.41) is 2.80. The lowest BCUT2D eigenvalue weighted by Crippen LogP contribution is -2.26. The van der Waals surface area contributed by atoms with E-state index in [-0.39, 0.29) is 6.04 Å². The van der Waals surface area contributed by atoms with Crippen LogP contribution in [0.4, 0.5) is 0 Å². The Labute approximate surface area is 96.3 Å². The maximum Gasteiger partial charge on any atom is 0.145 e. The average Bonchev–Trinajstić information content (AvgIpc) is 2.25. The van der Waals surface area contributed by atoms with Gasteiger partial charge in [0.25, 0.3) is 0 Å². The maximum atomic E-state index is 10.3. The molecule has 88 valence electrons. The quantitative estimate of drug-likeness (QED) is 0.741. The van der Waals surface area contributed by atoms with Crippen LogP contribution in [0.3, 0.4) is 0 Å². The minimum absolute atomic E-state index is 0.227. The van der Waals surface area contributed by atoms with Crippen LogP contribution < -0.4 is 5.73 Å². The van der Waals surface area contributed by atoms with Crippen molar-refractivity contribution < 1.29 is 0 Å². The van der Waals surface area contributed by atoms with Crippen LogP contribution in [0.1, 0.15) is 27.2 Å². The molecule has 0 saturated carbocycles. The van der Waals surface area contributed by atoms with Crippen LogP contribution in [0.2, 0.25) is 0 Å². The van der Waals surface area contributed by atoms with Crippen LogP contribution in [0.5, 0.6) is 0 Å². The molecule has 1 aliphatic heterocycles. The molecule has 2 unspecified atom stereocenters. The van der Waals surface area contributed by atoms with E-state index in [0.717, 1.165) is 5.71 Å². The Morgan fingerprint density at radius 2 is 2.31 bits per heavy atom. The van der Waals surface area contributed by atoms with Crippen molar-refractivity contribution >= 4 is 5.71 Å². The number of hydrogen-bond donors (Lipinski definition) is 1. The molecular weight excluding hydrogens is 202 g/mol. The predicted molar refractivity (Wildman–Crippen MR) is 67.3 cm³/mol. The first-order chi connectivity index (χ1) is 7.58. The van der Waals surface area contributed by atoms with Crippen molar-refractivity contribution in [1.82, 2.24) is 0 Å². The van der Waals surface area contributed by atoms with Crippen molar-refractivity contribution in [3.8, 4) is 0 Å². The van der Waals surface area contributed by atoms with Crippen LogP contribution >= 0.6 is 0 Å². The molecule has 0 aromatic rings. The number of nitrogens with zero attached hydrogens (tertiary/aromatic N) is 2. The van der Waals surface area contributed by atoms with E-state index in [1.165, 1.54) is 5.57 Å². The molecule has 2 N–H and O–H groups in total. The summed E-state index contributed by atoms with van der Waals surface area (Å²) in [5.74, 6) is 0.403. The summed E-state index contributed by atoms with van der Waals surface area (Å²) in [4.78, 5) is 14.8. The molecule has 0 fully saturated rings. The minimum Gasteiger partial charge on any atom is -0.306 e. The first kappa shape index (κ1) is 12.8. The number of hydrogen-bond acceptors (Lipinski definition) is 4. The number of aliphatic imine (C=N–C) groups is 1. The molecule has 1 aliphatic rings. The lowest BCUT2D eigenvalue weighted by molar-refractivity contribution is 0.555. The van der Waals surface area contributed by atoms with E-state index >= 15 is 0 Å². The van der Waals surface area contributed by atoms with E-state index in [2.05, 4.69) is 30.1 Å². The van der Waals surface area contributed by atoms with E-state index in [4.69, 9.17) is 5.73 Å².